The highest BCUT2D eigenvalue weighted by Gasteiger charge is 2.10. The molecule has 0 spiro atoms. The Labute approximate surface area is 180 Å². The summed E-state index contributed by atoms with van der Waals surface area (Å²) in [6.45, 7) is 3.09. The van der Waals surface area contributed by atoms with Crippen LogP contribution in [0.15, 0.2) is 48.5 Å². The van der Waals surface area contributed by atoms with E-state index < -0.39 is 0 Å². The molecule has 0 amide bonds. The predicted octanol–water partition coefficient (Wildman–Crippen LogP) is 2.77. The van der Waals surface area contributed by atoms with Gasteiger partial charge < -0.3 is 28.4 Å². The molecule has 31 heavy (non-hydrogen) atoms. The third kappa shape index (κ3) is 6.34. The quantitative estimate of drug-likeness (QED) is 0.585. The molecule has 0 radical (unpaired) electrons. The maximum Gasteiger partial charge on any atom is 0.188 e. The number of aromatic amines is 1. The number of rotatable bonds is 0. The number of aromatic nitrogens is 3. The number of fused-ring (bicyclic) bond motifs is 4. The molecule has 164 valence electrons. The Bertz CT molecular complexity index is 874. The first-order chi connectivity index (χ1) is 15.4. The molecule has 0 atom stereocenters. The first-order valence-electron chi connectivity index (χ1n) is 10.1. The maximum atomic E-state index is 5.86. The van der Waals surface area contributed by atoms with Crippen molar-refractivity contribution in [1.82, 2.24) is 15.2 Å². The predicted molar refractivity (Wildman–Crippen MR) is 111 cm³/mol. The number of ether oxygens (including phenoxy) is 6. The topological polar surface area (TPSA) is 97.0 Å². The third-order valence-corrected chi connectivity index (χ3v) is 4.34. The van der Waals surface area contributed by atoms with Crippen molar-refractivity contribution in [3.63, 3.8) is 0 Å². The molecule has 2 heterocycles. The van der Waals surface area contributed by atoms with Gasteiger partial charge in [0, 0.05) is 0 Å². The van der Waals surface area contributed by atoms with Gasteiger partial charge in [-0.2, -0.15) is 5.10 Å². The molecule has 3 aromatic rings. The minimum Gasteiger partial charge on any atom is -0.487 e. The van der Waals surface area contributed by atoms with Crippen LogP contribution in [0.4, 0.5) is 0 Å². The van der Waals surface area contributed by atoms with E-state index in [9.17, 15) is 0 Å². The molecule has 1 N–H and O–H groups in total. The summed E-state index contributed by atoms with van der Waals surface area (Å²) in [4.78, 5) is 4.42. The first-order valence-corrected chi connectivity index (χ1v) is 10.1. The highest BCUT2D eigenvalue weighted by atomic mass is 16.6. The molecule has 0 fully saturated rings. The zero-order valence-electron chi connectivity index (χ0n) is 17.1. The Kier molecular flexibility index (Phi) is 7.56. The second-order valence-corrected chi connectivity index (χ2v) is 6.59. The van der Waals surface area contributed by atoms with Crippen molar-refractivity contribution < 1.29 is 28.4 Å². The molecule has 0 saturated carbocycles. The average molecular weight is 427 g/mol. The monoisotopic (exact) mass is 427 g/mol. The number of para-hydroxylation sites is 4. The van der Waals surface area contributed by atoms with Gasteiger partial charge >= 0.3 is 0 Å². The van der Waals surface area contributed by atoms with Gasteiger partial charge in [-0.3, -0.25) is 5.10 Å². The standard InChI is InChI=1S/C22H25N3O6/c1-3-7-19-17(5-1)28-13-11-26-9-10-27-12-14-29-18-6-2-4-8-20(18)31-16-22-23-21(15-30-19)24-25-22/h1-8H,9-16H2,(H,23,24,25). The first kappa shape index (κ1) is 21.0. The van der Waals surface area contributed by atoms with Gasteiger partial charge in [0.25, 0.3) is 0 Å². The van der Waals surface area contributed by atoms with Crippen molar-refractivity contribution in [2.45, 2.75) is 13.2 Å². The van der Waals surface area contributed by atoms with E-state index in [0.29, 0.717) is 74.3 Å². The summed E-state index contributed by atoms with van der Waals surface area (Å²) in [5.41, 5.74) is 0. The van der Waals surface area contributed by atoms with Gasteiger partial charge in [0.1, 0.15) is 26.4 Å². The Morgan fingerprint density at radius 2 is 1.06 bits per heavy atom. The third-order valence-electron chi connectivity index (χ3n) is 4.34. The average Bonchev–Trinajstić information content (AvgIpc) is 3.26. The molecule has 0 saturated heterocycles. The fraction of sp³-hybridized carbons (Fsp3) is 0.364. The lowest BCUT2D eigenvalue weighted by Crippen LogP contribution is -2.14. The van der Waals surface area contributed by atoms with E-state index in [0.717, 1.165) is 0 Å². The number of hydrogen-bond acceptors (Lipinski definition) is 8. The van der Waals surface area contributed by atoms with Gasteiger partial charge in [0.15, 0.2) is 34.6 Å². The smallest absolute Gasteiger partial charge is 0.188 e. The van der Waals surface area contributed by atoms with Gasteiger partial charge in [-0.05, 0) is 24.3 Å². The van der Waals surface area contributed by atoms with Crippen molar-refractivity contribution in [2.75, 3.05) is 39.6 Å². The number of H-pyrrole nitrogens is 1. The summed E-state index contributed by atoms with van der Waals surface area (Å²) in [5.74, 6) is 3.63. The number of benzene rings is 2. The van der Waals surface area contributed by atoms with Crippen LogP contribution in [0, 0.1) is 0 Å². The molecule has 0 aliphatic carbocycles. The molecule has 1 aliphatic rings. The van der Waals surface area contributed by atoms with Crippen LogP contribution < -0.4 is 18.9 Å². The highest BCUT2D eigenvalue weighted by Crippen LogP contribution is 2.28. The second kappa shape index (κ2) is 11.2. The summed E-state index contributed by atoms with van der Waals surface area (Å²) in [6.07, 6.45) is 0. The lowest BCUT2D eigenvalue weighted by atomic mass is 10.3. The van der Waals surface area contributed by atoms with Crippen molar-refractivity contribution in [2.24, 2.45) is 0 Å². The van der Waals surface area contributed by atoms with Crippen LogP contribution in [-0.2, 0) is 22.7 Å². The van der Waals surface area contributed by atoms with E-state index in [-0.39, 0.29) is 13.2 Å². The van der Waals surface area contributed by atoms with E-state index in [4.69, 9.17) is 28.4 Å². The van der Waals surface area contributed by atoms with Gasteiger partial charge in [0.05, 0.1) is 26.4 Å². The summed E-state index contributed by atoms with van der Waals surface area (Å²) in [5, 5.41) is 7.06. The van der Waals surface area contributed by atoms with E-state index in [2.05, 4.69) is 15.2 Å². The molecular formula is C22H25N3O6. The fourth-order valence-corrected chi connectivity index (χ4v) is 2.87. The van der Waals surface area contributed by atoms with E-state index in [1.54, 1.807) is 0 Å². The number of hydrogen-bond donors (Lipinski definition) is 1. The molecule has 9 heteroatoms. The van der Waals surface area contributed by atoms with Crippen LogP contribution in [0.1, 0.15) is 11.6 Å². The molecule has 0 unspecified atom stereocenters. The van der Waals surface area contributed by atoms with E-state index in [1.165, 1.54) is 0 Å². The molecule has 2 bridgehead atoms. The van der Waals surface area contributed by atoms with Crippen molar-refractivity contribution in [3.05, 3.63) is 60.2 Å². The van der Waals surface area contributed by atoms with Gasteiger partial charge in [0.2, 0.25) is 0 Å². The molecule has 1 aliphatic heterocycles. The minimum absolute atomic E-state index is 0.199. The summed E-state index contributed by atoms with van der Waals surface area (Å²) in [6, 6.07) is 14.9. The lowest BCUT2D eigenvalue weighted by Gasteiger charge is -2.12. The minimum atomic E-state index is 0.199. The zero-order valence-corrected chi connectivity index (χ0v) is 17.1. The van der Waals surface area contributed by atoms with Gasteiger partial charge in [-0.1, -0.05) is 24.3 Å². The summed E-state index contributed by atoms with van der Waals surface area (Å²) < 4.78 is 34.4. The molecule has 2 aromatic carbocycles. The number of nitrogens with one attached hydrogen (secondary N) is 1. The van der Waals surface area contributed by atoms with E-state index >= 15 is 0 Å². The Morgan fingerprint density at radius 3 is 1.65 bits per heavy atom. The highest BCUT2D eigenvalue weighted by molar-refractivity contribution is 5.40. The molecule has 1 aromatic heterocycles. The largest absolute Gasteiger partial charge is 0.487 e. The van der Waals surface area contributed by atoms with Crippen LogP contribution in [0.25, 0.3) is 0 Å². The molecule has 9 nitrogen and oxygen atoms in total. The van der Waals surface area contributed by atoms with Gasteiger partial charge in [-0.15, -0.1) is 0 Å². The SMILES string of the molecule is c1ccc2c(c1)OCCOCCOCCOc1ccccc1OCc1nc(n[nH]1)CO2. The van der Waals surface area contributed by atoms with E-state index in [1.807, 2.05) is 48.5 Å². The molecule has 4 rings (SSSR count). The summed E-state index contributed by atoms with van der Waals surface area (Å²) >= 11 is 0. The van der Waals surface area contributed by atoms with Gasteiger partial charge in [-0.25, -0.2) is 4.98 Å². The van der Waals surface area contributed by atoms with Crippen molar-refractivity contribution in [3.8, 4) is 23.0 Å². The van der Waals surface area contributed by atoms with Crippen LogP contribution in [0.5, 0.6) is 23.0 Å². The number of nitrogens with zero attached hydrogens (tertiary/aromatic N) is 2. The lowest BCUT2D eigenvalue weighted by molar-refractivity contribution is 0.0267. The van der Waals surface area contributed by atoms with Crippen LogP contribution in [0.3, 0.4) is 0 Å². The maximum absolute atomic E-state index is 5.86. The Balaban J connectivity index is 1.44. The fourth-order valence-electron chi connectivity index (χ4n) is 2.87. The van der Waals surface area contributed by atoms with Crippen LogP contribution in [-0.4, -0.2) is 54.8 Å². The van der Waals surface area contributed by atoms with Crippen LogP contribution in [0.2, 0.25) is 0 Å². The summed E-state index contributed by atoms with van der Waals surface area (Å²) in [7, 11) is 0. The Hall–Kier alpha value is -3.30. The second-order valence-electron chi connectivity index (χ2n) is 6.59. The van der Waals surface area contributed by atoms with Crippen LogP contribution >= 0.6 is 0 Å². The normalized spacial score (nSPS) is 16.1. The zero-order chi connectivity index (χ0) is 21.1. The Morgan fingerprint density at radius 1 is 0.581 bits per heavy atom. The van der Waals surface area contributed by atoms with Crippen molar-refractivity contribution >= 4 is 0 Å². The molecular weight excluding hydrogens is 402 g/mol. The van der Waals surface area contributed by atoms with Crippen molar-refractivity contribution in [1.29, 1.82) is 0 Å².